The number of nitrogens with two attached hydrogens (primary N) is 1. The van der Waals surface area contributed by atoms with Crippen LogP contribution in [0.25, 0.3) is 0 Å². The summed E-state index contributed by atoms with van der Waals surface area (Å²) >= 11 is 0. The number of carbonyl (C=O) groups is 1. The van der Waals surface area contributed by atoms with Crippen molar-refractivity contribution in [2.45, 2.75) is 13.2 Å². The van der Waals surface area contributed by atoms with Gasteiger partial charge in [0.25, 0.3) is 0 Å². The molecule has 0 fully saturated rings. The largest absolute Gasteiger partial charge is 0.459 e. The van der Waals surface area contributed by atoms with Gasteiger partial charge in [-0.15, -0.1) is 0 Å². The zero-order valence-electron chi connectivity index (χ0n) is 10.1. The van der Waals surface area contributed by atoms with E-state index in [4.69, 9.17) is 15.0 Å². The van der Waals surface area contributed by atoms with Gasteiger partial charge in [0.15, 0.2) is 5.76 Å². The summed E-state index contributed by atoms with van der Waals surface area (Å²) in [5.74, 6) is 4.26. The highest BCUT2D eigenvalue weighted by atomic mass is 19.1. The molecule has 0 saturated heterocycles. The van der Waals surface area contributed by atoms with Crippen LogP contribution in [-0.4, -0.2) is 5.91 Å². The molecule has 3 N–H and O–H groups in total. The minimum absolute atomic E-state index is 0.0935. The molecular weight excluding hydrogens is 251 g/mol. The maximum Gasteiger partial charge on any atom is 0.301 e. The lowest BCUT2D eigenvalue weighted by Gasteiger charge is -2.05. The van der Waals surface area contributed by atoms with Gasteiger partial charge >= 0.3 is 5.91 Å². The number of nitrogen functional groups attached to an aromatic ring is 1. The predicted octanol–water partition coefficient (Wildman–Crippen LogP) is 1.74. The Morgan fingerprint density at radius 1 is 1.26 bits per heavy atom. The van der Waals surface area contributed by atoms with Crippen molar-refractivity contribution >= 4 is 5.91 Å². The zero-order valence-corrected chi connectivity index (χ0v) is 10.1. The number of nitrogens with one attached hydrogen (secondary N) is 1. The van der Waals surface area contributed by atoms with Gasteiger partial charge in [0, 0.05) is 11.1 Å². The Labute approximate surface area is 109 Å². The van der Waals surface area contributed by atoms with Crippen molar-refractivity contribution in [1.29, 1.82) is 0 Å². The van der Waals surface area contributed by atoms with E-state index in [2.05, 4.69) is 0 Å². The van der Waals surface area contributed by atoms with Crippen molar-refractivity contribution in [3.63, 3.8) is 0 Å². The van der Waals surface area contributed by atoms with E-state index in [1.807, 2.05) is 5.43 Å². The Kier molecular flexibility index (Phi) is 4.27. The van der Waals surface area contributed by atoms with Crippen LogP contribution < -0.4 is 11.3 Å². The van der Waals surface area contributed by atoms with E-state index in [1.165, 1.54) is 12.3 Å². The molecule has 1 amide bonds. The lowest BCUT2D eigenvalue weighted by atomic mass is 10.2. The monoisotopic (exact) mass is 264 g/mol. The van der Waals surface area contributed by atoms with Crippen molar-refractivity contribution in [3.05, 3.63) is 59.3 Å². The summed E-state index contributed by atoms with van der Waals surface area (Å²) in [6.07, 6.45) is 1.37. The second kappa shape index (κ2) is 6.12. The molecule has 0 saturated carbocycles. The molecule has 6 heteroatoms. The highest BCUT2D eigenvalue weighted by Crippen LogP contribution is 2.14. The smallest absolute Gasteiger partial charge is 0.301 e. The van der Waals surface area contributed by atoms with Crippen molar-refractivity contribution in [1.82, 2.24) is 5.43 Å². The maximum atomic E-state index is 13.3. The zero-order chi connectivity index (χ0) is 13.7. The summed E-state index contributed by atoms with van der Waals surface area (Å²) in [6, 6.07) is 7.94. The first-order valence-electron chi connectivity index (χ1n) is 5.61. The normalized spacial score (nSPS) is 10.4. The molecule has 1 aromatic carbocycles. The second-order valence-electron chi connectivity index (χ2n) is 3.83. The molecule has 1 heterocycles. The van der Waals surface area contributed by atoms with E-state index >= 15 is 0 Å². The number of hydrogen-bond acceptors (Lipinski definition) is 4. The van der Waals surface area contributed by atoms with E-state index in [9.17, 15) is 9.18 Å². The van der Waals surface area contributed by atoms with Crippen LogP contribution in [0.2, 0.25) is 0 Å². The molecular formula is C13H13FN2O3. The number of carbonyl (C=O) groups excluding carboxylic acids is 1. The van der Waals surface area contributed by atoms with E-state index in [0.717, 1.165) is 0 Å². The van der Waals surface area contributed by atoms with E-state index in [1.54, 1.807) is 24.3 Å². The number of benzene rings is 1. The summed E-state index contributed by atoms with van der Waals surface area (Å²) in [5, 5.41) is 0. The molecule has 2 rings (SSSR count). The van der Waals surface area contributed by atoms with Crippen molar-refractivity contribution in [3.8, 4) is 0 Å². The van der Waals surface area contributed by atoms with Crippen molar-refractivity contribution in [2.75, 3.05) is 0 Å². The molecule has 0 atom stereocenters. The Balaban J connectivity index is 1.95. The molecule has 0 bridgehead atoms. The van der Waals surface area contributed by atoms with Crippen LogP contribution in [0.4, 0.5) is 4.39 Å². The summed E-state index contributed by atoms with van der Waals surface area (Å²) in [6.45, 7) is 0.245. The van der Waals surface area contributed by atoms with Gasteiger partial charge in [-0.2, -0.15) is 0 Å². The Morgan fingerprint density at radius 2 is 2.00 bits per heavy atom. The minimum atomic E-state index is -0.533. The summed E-state index contributed by atoms with van der Waals surface area (Å²) in [4.78, 5) is 11.3. The SMILES string of the molecule is NNC(=O)c1occc1COCc1ccccc1F. The van der Waals surface area contributed by atoms with E-state index in [0.29, 0.717) is 11.1 Å². The average Bonchev–Trinajstić information content (AvgIpc) is 2.88. The fraction of sp³-hybridized carbons (Fsp3) is 0.154. The third kappa shape index (κ3) is 3.18. The minimum Gasteiger partial charge on any atom is -0.459 e. The first-order valence-corrected chi connectivity index (χ1v) is 5.61. The van der Waals surface area contributed by atoms with Crippen LogP contribution in [-0.2, 0) is 18.0 Å². The number of furan rings is 1. The number of ether oxygens (including phenoxy) is 1. The van der Waals surface area contributed by atoms with Crippen LogP contribution in [0.15, 0.2) is 41.0 Å². The third-order valence-electron chi connectivity index (χ3n) is 2.56. The average molecular weight is 264 g/mol. The lowest BCUT2D eigenvalue weighted by molar-refractivity contribution is 0.0892. The summed E-state index contributed by atoms with van der Waals surface area (Å²) in [5.41, 5.74) is 2.99. The fourth-order valence-corrected chi connectivity index (χ4v) is 1.60. The summed E-state index contributed by atoms with van der Waals surface area (Å²) in [7, 11) is 0. The van der Waals surface area contributed by atoms with Gasteiger partial charge in [0.1, 0.15) is 5.82 Å². The van der Waals surface area contributed by atoms with Gasteiger partial charge in [-0.05, 0) is 12.1 Å². The topological polar surface area (TPSA) is 77.5 Å². The third-order valence-corrected chi connectivity index (χ3v) is 2.56. The number of rotatable bonds is 5. The molecule has 100 valence electrons. The fourth-order valence-electron chi connectivity index (χ4n) is 1.60. The number of hydrogen-bond donors (Lipinski definition) is 2. The van der Waals surface area contributed by atoms with Crippen LogP contribution in [0.5, 0.6) is 0 Å². The molecule has 0 unspecified atom stereocenters. The second-order valence-corrected chi connectivity index (χ2v) is 3.83. The highest BCUT2D eigenvalue weighted by molar-refractivity contribution is 5.92. The Hall–Kier alpha value is -2.18. The number of halogens is 1. The lowest BCUT2D eigenvalue weighted by Crippen LogP contribution is -2.30. The number of amides is 1. The van der Waals surface area contributed by atoms with Crippen LogP contribution in [0, 0.1) is 5.82 Å². The van der Waals surface area contributed by atoms with Gasteiger partial charge in [-0.3, -0.25) is 10.2 Å². The highest BCUT2D eigenvalue weighted by Gasteiger charge is 2.14. The quantitative estimate of drug-likeness (QED) is 0.490. The Bertz CT molecular complexity index is 569. The molecule has 0 radical (unpaired) electrons. The van der Waals surface area contributed by atoms with Crippen LogP contribution >= 0.6 is 0 Å². The molecule has 19 heavy (non-hydrogen) atoms. The molecule has 1 aromatic heterocycles. The molecule has 0 aliphatic rings. The van der Waals surface area contributed by atoms with Gasteiger partial charge in [-0.1, -0.05) is 18.2 Å². The van der Waals surface area contributed by atoms with Crippen LogP contribution in [0.1, 0.15) is 21.7 Å². The summed E-state index contributed by atoms with van der Waals surface area (Å²) < 4.78 is 23.7. The van der Waals surface area contributed by atoms with Gasteiger partial charge in [0.2, 0.25) is 0 Å². The van der Waals surface area contributed by atoms with Gasteiger partial charge in [-0.25, -0.2) is 10.2 Å². The molecule has 0 aliphatic heterocycles. The molecule has 5 nitrogen and oxygen atoms in total. The number of hydrazine groups is 1. The van der Waals surface area contributed by atoms with Crippen LogP contribution in [0.3, 0.4) is 0 Å². The molecule has 0 spiro atoms. The van der Waals surface area contributed by atoms with E-state index in [-0.39, 0.29) is 24.8 Å². The van der Waals surface area contributed by atoms with Crippen molar-refractivity contribution in [2.24, 2.45) is 5.84 Å². The Morgan fingerprint density at radius 3 is 2.74 bits per heavy atom. The van der Waals surface area contributed by atoms with Gasteiger partial charge in [0.05, 0.1) is 19.5 Å². The van der Waals surface area contributed by atoms with Crippen molar-refractivity contribution < 1.29 is 18.3 Å². The molecule has 0 aliphatic carbocycles. The first kappa shape index (κ1) is 13.3. The van der Waals surface area contributed by atoms with E-state index < -0.39 is 5.91 Å². The first-order chi connectivity index (χ1) is 9.22. The van der Waals surface area contributed by atoms with Gasteiger partial charge < -0.3 is 9.15 Å². The standard InChI is InChI=1S/C13H13FN2O3/c14-11-4-2-1-3-9(11)7-18-8-10-5-6-19-12(10)13(17)16-15/h1-6H,7-8,15H2,(H,16,17). The maximum absolute atomic E-state index is 13.3. The molecule has 2 aromatic rings. The predicted molar refractivity (Wildman–Crippen MR) is 65.3 cm³/mol.